The highest BCUT2D eigenvalue weighted by Crippen LogP contribution is 2.27. The summed E-state index contributed by atoms with van der Waals surface area (Å²) in [6.07, 6.45) is 6.75. The summed E-state index contributed by atoms with van der Waals surface area (Å²) >= 11 is 0. The molecule has 3 heterocycles. The highest BCUT2D eigenvalue weighted by Gasteiger charge is 2.24. The van der Waals surface area contributed by atoms with Crippen molar-refractivity contribution in [2.75, 3.05) is 26.7 Å². The summed E-state index contributed by atoms with van der Waals surface area (Å²) in [6.45, 7) is 3.60. The molecule has 1 aromatic rings. The van der Waals surface area contributed by atoms with Crippen LogP contribution in [-0.4, -0.2) is 36.6 Å². The second-order valence-corrected chi connectivity index (χ2v) is 5.05. The highest BCUT2D eigenvalue weighted by molar-refractivity contribution is 5.15. The summed E-state index contributed by atoms with van der Waals surface area (Å²) in [6, 6.07) is 4.14. The SMILES string of the molecule is C1CCNC1.CN1CCC[C@H]1c1ccc[nH]c1=O. The molecule has 0 saturated carbocycles. The van der Waals surface area contributed by atoms with Gasteiger partial charge in [0, 0.05) is 17.8 Å². The Morgan fingerprint density at radius 2 is 2.06 bits per heavy atom. The summed E-state index contributed by atoms with van der Waals surface area (Å²) in [5, 5.41) is 3.22. The first-order chi connectivity index (χ1) is 8.79. The third-order valence-corrected chi connectivity index (χ3v) is 3.69. The molecule has 0 aromatic carbocycles. The number of likely N-dealkylation sites (tertiary alicyclic amines) is 1. The first-order valence-corrected chi connectivity index (χ1v) is 6.87. The lowest BCUT2D eigenvalue weighted by molar-refractivity contribution is 0.315. The molecule has 2 fully saturated rings. The molecule has 0 bridgehead atoms. The standard InChI is InChI=1S/C10H14N2O.C4H9N/c1-12-7-3-5-9(12)8-4-2-6-11-10(8)13;1-2-4-5-3-1/h2,4,6,9H,3,5,7H2,1H3,(H,11,13);5H,1-4H2/t9-;/m0./s1. The maximum Gasteiger partial charge on any atom is 0.252 e. The van der Waals surface area contributed by atoms with Gasteiger partial charge in [-0.1, -0.05) is 6.07 Å². The molecular weight excluding hydrogens is 226 g/mol. The van der Waals surface area contributed by atoms with Gasteiger partial charge < -0.3 is 10.3 Å². The summed E-state index contributed by atoms with van der Waals surface area (Å²) < 4.78 is 0. The van der Waals surface area contributed by atoms with Gasteiger partial charge in [-0.3, -0.25) is 9.69 Å². The van der Waals surface area contributed by atoms with Crippen molar-refractivity contribution in [3.05, 3.63) is 34.2 Å². The number of hydrogen-bond acceptors (Lipinski definition) is 3. The number of H-pyrrole nitrogens is 1. The molecule has 0 amide bonds. The van der Waals surface area contributed by atoms with Crippen molar-refractivity contribution >= 4 is 0 Å². The third kappa shape index (κ3) is 3.43. The minimum absolute atomic E-state index is 0.0567. The Morgan fingerprint density at radius 3 is 2.56 bits per heavy atom. The molecule has 2 aliphatic rings. The minimum atomic E-state index is 0.0567. The largest absolute Gasteiger partial charge is 0.329 e. The van der Waals surface area contributed by atoms with E-state index in [1.54, 1.807) is 6.20 Å². The predicted octanol–water partition coefficient (Wildman–Crippen LogP) is 1.51. The number of nitrogens with one attached hydrogen (secondary N) is 2. The summed E-state index contributed by atoms with van der Waals surface area (Å²) in [7, 11) is 2.07. The van der Waals surface area contributed by atoms with Crippen LogP contribution in [0.1, 0.15) is 37.3 Å². The van der Waals surface area contributed by atoms with Gasteiger partial charge in [0.1, 0.15) is 0 Å². The van der Waals surface area contributed by atoms with Gasteiger partial charge in [0.25, 0.3) is 5.56 Å². The van der Waals surface area contributed by atoms with Gasteiger partial charge in [0.15, 0.2) is 0 Å². The van der Waals surface area contributed by atoms with Gasteiger partial charge in [-0.15, -0.1) is 0 Å². The Morgan fingerprint density at radius 1 is 1.28 bits per heavy atom. The van der Waals surface area contributed by atoms with Crippen LogP contribution in [0, 0.1) is 0 Å². The first kappa shape index (κ1) is 13.3. The fourth-order valence-electron chi connectivity index (χ4n) is 2.63. The van der Waals surface area contributed by atoms with Gasteiger partial charge in [0.05, 0.1) is 0 Å². The lowest BCUT2D eigenvalue weighted by Gasteiger charge is -2.18. The number of aromatic amines is 1. The molecule has 3 rings (SSSR count). The van der Waals surface area contributed by atoms with Gasteiger partial charge in [-0.05, 0) is 58.4 Å². The van der Waals surface area contributed by atoms with Crippen molar-refractivity contribution in [2.45, 2.75) is 31.7 Å². The Labute approximate surface area is 108 Å². The fraction of sp³-hybridized carbons (Fsp3) is 0.643. The van der Waals surface area contributed by atoms with Gasteiger partial charge in [-0.2, -0.15) is 0 Å². The Bertz CT molecular complexity index is 404. The Balaban J connectivity index is 0.000000202. The zero-order chi connectivity index (χ0) is 12.8. The first-order valence-electron chi connectivity index (χ1n) is 6.87. The second kappa shape index (κ2) is 6.71. The molecule has 2 saturated heterocycles. The van der Waals surface area contributed by atoms with E-state index in [1.165, 1.54) is 32.4 Å². The zero-order valence-electron chi connectivity index (χ0n) is 11.1. The Kier molecular flexibility index (Phi) is 4.96. The van der Waals surface area contributed by atoms with E-state index >= 15 is 0 Å². The van der Waals surface area contributed by atoms with E-state index in [0.717, 1.165) is 18.5 Å². The van der Waals surface area contributed by atoms with Crippen molar-refractivity contribution in [1.29, 1.82) is 0 Å². The maximum absolute atomic E-state index is 11.5. The van der Waals surface area contributed by atoms with Crippen LogP contribution in [0.3, 0.4) is 0 Å². The average Bonchev–Trinajstić information content (AvgIpc) is 3.04. The molecule has 2 aliphatic heterocycles. The monoisotopic (exact) mass is 249 g/mol. The molecular formula is C14H23N3O. The van der Waals surface area contributed by atoms with Crippen molar-refractivity contribution in [3.63, 3.8) is 0 Å². The Hall–Kier alpha value is -1.13. The summed E-state index contributed by atoms with van der Waals surface area (Å²) in [5.41, 5.74) is 0.962. The van der Waals surface area contributed by atoms with Crippen molar-refractivity contribution < 1.29 is 0 Å². The third-order valence-electron chi connectivity index (χ3n) is 3.69. The van der Waals surface area contributed by atoms with Crippen LogP contribution in [-0.2, 0) is 0 Å². The van der Waals surface area contributed by atoms with E-state index in [1.807, 2.05) is 12.1 Å². The van der Waals surface area contributed by atoms with E-state index in [2.05, 4.69) is 22.2 Å². The van der Waals surface area contributed by atoms with Crippen LogP contribution in [0.15, 0.2) is 23.1 Å². The molecule has 0 unspecified atom stereocenters. The van der Waals surface area contributed by atoms with E-state index in [-0.39, 0.29) is 5.56 Å². The maximum atomic E-state index is 11.5. The molecule has 18 heavy (non-hydrogen) atoms. The number of pyridine rings is 1. The molecule has 4 heteroatoms. The predicted molar refractivity (Wildman–Crippen MR) is 73.8 cm³/mol. The molecule has 0 radical (unpaired) electrons. The lowest BCUT2D eigenvalue weighted by Crippen LogP contribution is -2.24. The topological polar surface area (TPSA) is 48.1 Å². The highest BCUT2D eigenvalue weighted by atomic mass is 16.1. The van der Waals surface area contributed by atoms with Crippen molar-refractivity contribution in [1.82, 2.24) is 15.2 Å². The molecule has 2 N–H and O–H groups in total. The van der Waals surface area contributed by atoms with Crippen molar-refractivity contribution in [2.24, 2.45) is 0 Å². The number of aromatic nitrogens is 1. The van der Waals surface area contributed by atoms with Crippen LogP contribution in [0.25, 0.3) is 0 Å². The molecule has 1 aromatic heterocycles. The molecule has 0 aliphatic carbocycles. The smallest absolute Gasteiger partial charge is 0.252 e. The van der Waals surface area contributed by atoms with E-state index in [0.29, 0.717) is 6.04 Å². The van der Waals surface area contributed by atoms with E-state index < -0.39 is 0 Å². The second-order valence-electron chi connectivity index (χ2n) is 5.05. The van der Waals surface area contributed by atoms with Crippen LogP contribution < -0.4 is 10.9 Å². The van der Waals surface area contributed by atoms with Gasteiger partial charge >= 0.3 is 0 Å². The average molecular weight is 249 g/mol. The van der Waals surface area contributed by atoms with Crippen LogP contribution in [0.4, 0.5) is 0 Å². The quantitative estimate of drug-likeness (QED) is 0.793. The van der Waals surface area contributed by atoms with E-state index in [4.69, 9.17) is 0 Å². The molecule has 0 spiro atoms. The molecule has 100 valence electrons. The minimum Gasteiger partial charge on any atom is -0.329 e. The number of rotatable bonds is 1. The van der Waals surface area contributed by atoms with Crippen LogP contribution >= 0.6 is 0 Å². The zero-order valence-corrected chi connectivity index (χ0v) is 11.1. The van der Waals surface area contributed by atoms with E-state index in [9.17, 15) is 4.79 Å². The van der Waals surface area contributed by atoms with Crippen LogP contribution in [0.5, 0.6) is 0 Å². The number of nitrogens with zero attached hydrogens (tertiary/aromatic N) is 1. The molecule has 4 nitrogen and oxygen atoms in total. The van der Waals surface area contributed by atoms with Crippen LogP contribution in [0.2, 0.25) is 0 Å². The lowest BCUT2D eigenvalue weighted by atomic mass is 10.1. The fourth-order valence-corrected chi connectivity index (χ4v) is 2.63. The van der Waals surface area contributed by atoms with Crippen molar-refractivity contribution in [3.8, 4) is 0 Å². The number of hydrogen-bond donors (Lipinski definition) is 2. The van der Waals surface area contributed by atoms with Gasteiger partial charge in [-0.25, -0.2) is 0 Å². The molecule has 1 atom stereocenters. The normalized spacial score (nSPS) is 23.7. The summed E-state index contributed by atoms with van der Waals surface area (Å²) in [5.74, 6) is 0. The van der Waals surface area contributed by atoms with Gasteiger partial charge in [0.2, 0.25) is 0 Å². The summed E-state index contributed by atoms with van der Waals surface area (Å²) in [4.78, 5) is 16.4.